The first-order valence-electron chi connectivity index (χ1n) is 37.3. The Hall–Kier alpha value is -8.97. The van der Waals surface area contributed by atoms with Gasteiger partial charge >= 0.3 is 31.7 Å². The minimum atomic E-state index is -0.587. The molecule has 6 aliphatic rings. The summed E-state index contributed by atoms with van der Waals surface area (Å²) < 4.78 is 41.9. The maximum Gasteiger partial charge on any atom is 1.00 e. The third-order valence-electron chi connectivity index (χ3n) is 20.2. The van der Waals surface area contributed by atoms with Crippen molar-refractivity contribution >= 4 is 46.6 Å². The summed E-state index contributed by atoms with van der Waals surface area (Å²) in [7, 11) is 1.59. The van der Waals surface area contributed by atoms with Crippen LogP contribution in [0.25, 0.3) is 16.7 Å². The van der Waals surface area contributed by atoms with E-state index in [1.165, 1.54) is 5.56 Å². The maximum absolute atomic E-state index is 12.9. The normalized spacial score (nSPS) is 16.4. The first-order valence-corrected chi connectivity index (χ1v) is 37.3. The van der Waals surface area contributed by atoms with Gasteiger partial charge in [-0.15, -0.1) is 28.8 Å². The largest absolute Gasteiger partial charge is 1.00 e. The quantitative estimate of drug-likeness (QED) is 0.0559. The summed E-state index contributed by atoms with van der Waals surface area (Å²) in [5, 5.41) is 13.6. The van der Waals surface area contributed by atoms with Gasteiger partial charge < -0.3 is 68.1 Å². The van der Waals surface area contributed by atoms with Crippen molar-refractivity contribution in [2.45, 2.75) is 163 Å². The van der Waals surface area contributed by atoms with E-state index in [0.717, 1.165) is 112 Å². The molecule has 6 aromatic rings. The average Bonchev–Trinajstić information content (AvgIpc) is 0.762. The van der Waals surface area contributed by atoms with E-state index in [9.17, 15) is 29.1 Å². The summed E-state index contributed by atoms with van der Waals surface area (Å²) in [6, 6.07) is 39.9. The van der Waals surface area contributed by atoms with E-state index in [1.807, 2.05) is 172 Å². The van der Waals surface area contributed by atoms with E-state index < -0.39 is 22.4 Å². The number of piperidine rings is 3. The van der Waals surface area contributed by atoms with E-state index in [1.54, 1.807) is 40.0 Å². The zero-order valence-corrected chi connectivity index (χ0v) is 66.3. The fourth-order valence-corrected chi connectivity index (χ4v) is 14.2. The number of nitrogens with one attached hydrogen (secondary N) is 1. The number of aryl methyl sites for hydroxylation is 2. The summed E-state index contributed by atoms with van der Waals surface area (Å²) in [5.74, 6) is 3.26. The fraction of sp³-hybridized carbons (Fsp3) is 0.453. The topological polar surface area (TPSA) is 198 Å². The Morgan fingerprint density at radius 2 is 0.925 bits per heavy atom. The second-order valence-electron chi connectivity index (χ2n) is 29.7. The molecule has 0 bridgehead atoms. The number of fused-ring (bicyclic) bond motifs is 3. The molecule has 0 atom stereocenters. The number of carbonyl (C=O) groups excluding carboxylic acids is 5. The van der Waals surface area contributed by atoms with Crippen LogP contribution in [0.15, 0.2) is 133 Å². The Balaban J connectivity index is 0.000000184. The Labute approximate surface area is 640 Å². The standard InChI is InChI=1S/C31H40N2O6.C29H36N2O5.C26H31N2O2.Ru/c1-7-32(8-2)28(34)23-14-12-22(13-15-23)24-20-31(16-18-33(19-17-31)29(35)39-30(3,4)5)38-26-11-9-10-25(27(24)26)37-21-36-6;1-6-30(7-2)26(33)21-10-8-20(9-11-21)24-19-29(35-25-13-12-22(32)18-23(24)25)14-16-31(17-15-29)27(34)36-28(3,4)5;1-5-28(6-2)25(29)21-9-7-20(8-10-21)23-17-26(11-13-27-14-12-26)30-24-16-19(4)18(3)15-22(23)24;/h9-15,20H,7-8,16-19,21H2,1-6H3;8-13,18-19,32H,6-7,14-17H2,1-5H3;7-10,16-17,27H,5-6,11-14H2,1-4H3;/q;;-1;+1. The van der Waals surface area contributed by atoms with E-state index in [2.05, 4.69) is 61.7 Å². The summed E-state index contributed by atoms with van der Waals surface area (Å²) in [4.78, 5) is 72.5. The molecule has 3 fully saturated rings. The third-order valence-corrected chi connectivity index (χ3v) is 20.2. The van der Waals surface area contributed by atoms with Gasteiger partial charge in [-0.3, -0.25) is 14.4 Å². The van der Waals surface area contributed by atoms with Gasteiger partial charge in [0.15, 0.2) is 6.79 Å². The maximum atomic E-state index is 12.9. The molecular formula is C86H107N6O13Ru. The molecule has 3 spiro atoms. The molecule has 0 aromatic heterocycles. The van der Waals surface area contributed by atoms with Crippen LogP contribution >= 0.6 is 0 Å². The number of hydrogen-bond acceptors (Lipinski definition) is 14. The van der Waals surface area contributed by atoms with Crippen LogP contribution in [0.2, 0.25) is 0 Å². The van der Waals surface area contributed by atoms with Gasteiger partial charge in [0.1, 0.15) is 51.0 Å². The first kappa shape index (κ1) is 81.1. The van der Waals surface area contributed by atoms with Crippen LogP contribution in [0.1, 0.15) is 197 Å². The Morgan fingerprint density at radius 3 is 1.37 bits per heavy atom. The molecule has 567 valence electrons. The predicted octanol–water partition coefficient (Wildman–Crippen LogP) is 15.7. The number of ether oxygens (including phenoxy) is 7. The van der Waals surface area contributed by atoms with Crippen molar-refractivity contribution in [3.63, 3.8) is 0 Å². The molecule has 1 radical (unpaired) electrons. The number of phenolic OH excluding ortho intramolecular Hbond substituents is 1. The zero-order chi connectivity index (χ0) is 75.6. The second kappa shape index (κ2) is 34.7. The van der Waals surface area contributed by atoms with Crippen LogP contribution in [0, 0.1) is 19.9 Å². The molecule has 19 nitrogen and oxygen atoms in total. The van der Waals surface area contributed by atoms with Crippen molar-refractivity contribution in [3.8, 4) is 28.7 Å². The van der Waals surface area contributed by atoms with Crippen LogP contribution in [0.4, 0.5) is 9.59 Å². The molecule has 3 saturated heterocycles. The van der Waals surface area contributed by atoms with Crippen molar-refractivity contribution in [2.75, 3.05) is 92.4 Å². The number of hydrogen-bond donors (Lipinski definition) is 2. The summed E-state index contributed by atoms with van der Waals surface area (Å²) >= 11 is 0. The van der Waals surface area contributed by atoms with Crippen molar-refractivity contribution in [2.24, 2.45) is 0 Å². The van der Waals surface area contributed by atoms with Crippen molar-refractivity contribution in [3.05, 3.63) is 201 Å². The van der Waals surface area contributed by atoms with Gasteiger partial charge in [0, 0.05) is 139 Å². The molecule has 6 aromatic carbocycles. The number of methoxy groups -OCH3 is 1. The molecule has 6 aliphatic heterocycles. The van der Waals surface area contributed by atoms with Crippen LogP contribution in [0.5, 0.6) is 28.7 Å². The van der Waals surface area contributed by atoms with E-state index in [0.29, 0.717) is 101 Å². The number of aromatic hydroxyl groups is 1. The molecule has 2 N–H and O–H groups in total. The van der Waals surface area contributed by atoms with Crippen LogP contribution < -0.4 is 24.3 Å². The zero-order valence-electron chi connectivity index (χ0n) is 64.6. The molecular weight excluding hydrogens is 1430 g/mol. The van der Waals surface area contributed by atoms with Crippen LogP contribution in [-0.4, -0.2) is 180 Å². The van der Waals surface area contributed by atoms with Gasteiger partial charge in [0.05, 0.1) is 5.56 Å². The van der Waals surface area contributed by atoms with E-state index in [4.69, 9.17) is 33.2 Å². The first-order chi connectivity index (χ1) is 50.1. The minimum absolute atomic E-state index is 0. The molecule has 6 heterocycles. The Morgan fingerprint density at radius 1 is 0.519 bits per heavy atom. The van der Waals surface area contributed by atoms with Crippen molar-refractivity contribution in [1.29, 1.82) is 0 Å². The smallest absolute Gasteiger partial charge is 0.528 e. The molecule has 0 saturated carbocycles. The second-order valence-corrected chi connectivity index (χ2v) is 29.7. The molecule has 0 aliphatic carbocycles. The van der Waals surface area contributed by atoms with Gasteiger partial charge in [-0.05, 0) is 197 Å². The van der Waals surface area contributed by atoms with Crippen molar-refractivity contribution < 1.29 is 81.7 Å². The Kier molecular flexibility index (Phi) is 26.6. The fourth-order valence-electron chi connectivity index (χ4n) is 14.2. The summed E-state index contributed by atoms with van der Waals surface area (Å²) in [6.07, 6.45) is 10.3. The van der Waals surface area contributed by atoms with Crippen LogP contribution in [-0.2, 0) is 33.7 Å². The molecule has 12 rings (SSSR count). The van der Waals surface area contributed by atoms with Gasteiger partial charge in [0.25, 0.3) is 17.7 Å². The summed E-state index contributed by atoms with van der Waals surface area (Å²) in [5.41, 5.74) is 10.6. The van der Waals surface area contributed by atoms with Crippen LogP contribution in [0.3, 0.4) is 0 Å². The molecule has 20 heteroatoms. The number of carbonyl (C=O) groups is 5. The number of nitrogens with zero attached hydrogens (tertiary/aromatic N) is 5. The summed E-state index contributed by atoms with van der Waals surface area (Å²) in [6.45, 7) is 35.5. The van der Waals surface area contributed by atoms with E-state index in [-0.39, 0.29) is 67.5 Å². The van der Waals surface area contributed by atoms with Gasteiger partial charge in [-0.2, -0.15) is 0 Å². The molecule has 0 unspecified atom stereocenters. The average molecular weight is 1530 g/mol. The minimum Gasteiger partial charge on any atom is -0.528 e. The predicted molar refractivity (Wildman–Crippen MR) is 410 cm³/mol. The SMILES string of the molecule is CCN(CC)C(=O)c1ccc(C2=CC3(CCN(C(=O)OC(C)(C)C)CC3)Oc3ccc(O)cc32)cc1.CCN(CC)C(=O)c1ccc(C2=CC3(CCN(C(=O)OC(C)(C)C)CC3)Oc3cccc(OCOC)c32)cc1.CCN(CC)C(=O)c1ccc(C2=CC3(CCNCC3)Oc3cc(C)c(C)[c-]c32)cc1.[Ru+]. The van der Waals surface area contributed by atoms with Gasteiger partial charge in [0.2, 0.25) is 0 Å². The molecule has 5 amide bonds. The number of rotatable bonds is 15. The number of amides is 5. The number of phenols is 1. The Bertz CT molecular complexity index is 4180. The number of likely N-dealkylation sites (tertiary alicyclic amines) is 2. The number of benzene rings is 6. The molecule has 106 heavy (non-hydrogen) atoms. The van der Waals surface area contributed by atoms with Gasteiger partial charge in [-0.25, -0.2) is 9.59 Å². The van der Waals surface area contributed by atoms with Gasteiger partial charge in [-0.1, -0.05) is 73.5 Å². The monoisotopic (exact) mass is 1530 g/mol. The third kappa shape index (κ3) is 19.0. The van der Waals surface area contributed by atoms with Crippen molar-refractivity contribution in [1.82, 2.24) is 29.8 Å². The van der Waals surface area contributed by atoms with E-state index >= 15 is 0 Å².